The van der Waals surface area contributed by atoms with E-state index in [-0.39, 0.29) is 49.4 Å². The highest BCUT2D eigenvalue weighted by Crippen LogP contribution is 2.30. The fourth-order valence-corrected chi connectivity index (χ4v) is 4.59. The fraction of sp³-hybridized carbons (Fsp3) is 0.435. The zero-order valence-corrected chi connectivity index (χ0v) is 19.4. The molecule has 3 atom stereocenters. The number of alkyl halides is 1. The van der Waals surface area contributed by atoms with E-state index in [4.69, 9.17) is 21.7 Å². The number of aliphatic hydroxyl groups is 1. The van der Waals surface area contributed by atoms with Crippen LogP contribution in [0.1, 0.15) is 23.7 Å². The van der Waals surface area contributed by atoms with Gasteiger partial charge in [0.15, 0.2) is 0 Å². The predicted molar refractivity (Wildman–Crippen MR) is 125 cm³/mol. The molecule has 1 amide bonds. The van der Waals surface area contributed by atoms with Gasteiger partial charge in [0.25, 0.3) is 5.91 Å². The molecule has 0 aromatic heterocycles. The van der Waals surface area contributed by atoms with E-state index < -0.39 is 23.9 Å². The van der Waals surface area contributed by atoms with Crippen molar-refractivity contribution in [3.8, 4) is 5.75 Å². The zero-order valence-electron chi connectivity index (χ0n) is 18.6. The molecule has 11 heteroatoms. The normalized spacial score (nSPS) is 27.2. The molecule has 182 valence electrons. The number of β-amino-alcohol motifs (C(OH)–C–C–N with tert-alkyl or cyclic N) is 1. The first-order valence-electron chi connectivity index (χ1n) is 11.0. The van der Waals surface area contributed by atoms with Gasteiger partial charge in [-0.1, -0.05) is 11.6 Å². The second-order valence-electron chi connectivity index (χ2n) is 8.48. The summed E-state index contributed by atoms with van der Waals surface area (Å²) in [6.45, 7) is 2.16. The molecule has 2 fully saturated rings. The van der Waals surface area contributed by atoms with Gasteiger partial charge in [0.2, 0.25) is 0 Å². The number of likely N-dealkylation sites (tertiary alicyclic amines) is 2. The van der Waals surface area contributed by atoms with Gasteiger partial charge in [0.05, 0.1) is 42.0 Å². The lowest BCUT2D eigenvalue weighted by atomic mass is 10.1. The number of hydrogen-bond donors (Lipinski definition) is 3. The van der Waals surface area contributed by atoms with E-state index in [0.717, 1.165) is 12.1 Å². The minimum atomic E-state index is -1.16. The van der Waals surface area contributed by atoms with Crippen LogP contribution >= 0.6 is 11.6 Å². The zero-order chi connectivity index (χ0) is 24.4. The van der Waals surface area contributed by atoms with Crippen molar-refractivity contribution in [2.45, 2.75) is 31.6 Å². The number of benzene rings is 1. The summed E-state index contributed by atoms with van der Waals surface area (Å²) in [6.07, 6.45) is 2.15. The Bertz CT molecular complexity index is 1080. The highest BCUT2D eigenvalue weighted by atomic mass is 35.5. The number of rotatable bonds is 6. The Morgan fingerprint density at radius 1 is 1.41 bits per heavy atom. The molecule has 1 aromatic carbocycles. The van der Waals surface area contributed by atoms with Crippen molar-refractivity contribution in [2.24, 2.45) is 4.99 Å². The van der Waals surface area contributed by atoms with Gasteiger partial charge in [0.1, 0.15) is 30.2 Å². The monoisotopic (exact) mass is 493 g/mol. The Balaban J connectivity index is 1.51. The Morgan fingerprint density at radius 3 is 2.91 bits per heavy atom. The number of ether oxygens (including phenoxy) is 1. The molecule has 0 aliphatic carbocycles. The fourth-order valence-electron chi connectivity index (χ4n) is 4.49. The number of halogens is 3. The van der Waals surface area contributed by atoms with Crippen LogP contribution in [0.2, 0.25) is 0 Å². The highest BCUT2D eigenvalue weighted by Gasteiger charge is 2.39. The Hall–Kier alpha value is -2.82. The SMILES string of the molecule is CC1CC(F)C(COc2cc(F)ccc2C(=O)N2CC(=N)/C(=C3/N=CC(Cl)=CN3)C2)N1CCO. The average Bonchev–Trinajstić information content (AvgIpc) is 3.32. The van der Waals surface area contributed by atoms with Crippen molar-refractivity contribution >= 4 is 29.4 Å². The molecule has 3 N–H and O–H groups in total. The Labute approximate surface area is 201 Å². The molecule has 3 unspecified atom stereocenters. The first-order valence-corrected chi connectivity index (χ1v) is 11.4. The first kappa shape index (κ1) is 24.3. The third kappa shape index (κ3) is 4.98. The van der Waals surface area contributed by atoms with Gasteiger partial charge in [-0.2, -0.15) is 0 Å². The van der Waals surface area contributed by atoms with Crippen LogP contribution in [0.5, 0.6) is 5.75 Å². The molecule has 0 radical (unpaired) electrons. The van der Waals surface area contributed by atoms with Crippen LogP contribution in [-0.4, -0.2) is 83.8 Å². The van der Waals surface area contributed by atoms with Gasteiger partial charge in [-0.3, -0.25) is 9.69 Å². The molecule has 3 aliphatic heterocycles. The summed E-state index contributed by atoms with van der Waals surface area (Å²) in [5, 5.41) is 20.9. The number of aliphatic imine (C=N–C) groups is 1. The Morgan fingerprint density at radius 2 is 2.21 bits per heavy atom. The van der Waals surface area contributed by atoms with Gasteiger partial charge in [0, 0.05) is 36.6 Å². The third-order valence-corrected chi connectivity index (χ3v) is 6.42. The molecular formula is C23H26ClF2N5O3. The quantitative estimate of drug-likeness (QED) is 0.565. The molecule has 1 aromatic rings. The van der Waals surface area contributed by atoms with Gasteiger partial charge in [-0.05, 0) is 25.5 Å². The number of allylic oxidation sites excluding steroid dienone is 1. The molecule has 34 heavy (non-hydrogen) atoms. The standard InChI is InChI=1S/C23H26ClF2N5O3/c1-13-6-18(26)20(31(13)4-5-32)12-34-21-7-15(25)2-3-16(21)23(33)30-10-17(19(27)11-30)22-28-8-14(24)9-29-22/h2-3,7-9,13,18,20,27-28,32H,4-6,10-12H2,1H3/b22-17+,27-19?. The summed E-state index contributed by atoms with van der Waals surface area (Å²) in [6, 6.07) is 2.92. The minimum absolute atomic E-state index is 0.0110. The van der Waals surface area contributed by atoms with Crippen molar-refractivity contribution < 1.29 is 23.4 Å². The summed E-state index contributed by atoms with van der Waals surface area (Å²) in [5.41, 5.74) is 0.900. The van der Waals surface area contributed by atoms with E-state index >= 15 is 0 Å². The van der Waals surface area contributed by atoms with E-state index in [9.17, 15) is 18.7 Å². The predicted octanol–water partition coefficient (Wildman–Crippen LogP) is 2.44. The smallest absolute Gasteiger partial charge is 0.258 e. The topological polar surface area (TPSA) is 101 Å². The number of nitrogens with zero attached hydrogens (tertiary/aromatic N) is 3. The maximum absolute atomic E-state index is 14.6. The number of amides is 1. The maximum Gasteiger partial charge on any atom is 0.258 e. The number of carbonyl (C=O) groups excluding carboxylic acids is 1. The summed E-state index contributed by atoms with van der Waals surface area (Å²) in [5.74, 6) is -0.574. The summed E-state index contributed by atoms with van der Waals surface area (Å²) >= 11 is 5.86. The lowest BCUT2D eigenvalue weighted by Crippen LogP contribution is -2.42. The number of carbonyl (C=O) groups is 1. The summed E-state index contributed by atoms with van der Waals surface area (Å²) in [7, 11) is 0. The highest BCUT2D eigenvalue weighted by molar-refractivity contribution is 6.39. The third-order valence-electron chi connectivity index (χ3n) is 6.22. The van der Waals surface area contributed by atoms with Crippen LogP contribution in [0.4, 0.5) is 8.78 Å². The lowest BCUT2D eigenvalue weighted by molar-refractivity contribution is 0.0787. The second-order valence-corrected chi connectivity index (χ2v) is 8.92. The molecule has 0 saturated carbocycles. The van der Waals surface area contributed by atoms with Gasteiger partial charge in [-0.25, -0.2) is 13.8 Å². The van der Waals surface area contributed by atoms with Crippen LogP contribution in [0, 0.1) is 11.2 Å². The van der Waals surface area contributed by atoms with Crippen molar-refractivity contribution in [3.05, 3.63) is 52.2 Å². The van der Waals surface area contributed by atoms with Crippen LogP contribution in [0.15, 0.2) is 45.8 Å². The van der Waals surface area contributed by atoms with E-state index in [1.165, 1.54) is 17.2 Å². The molecule has 3 aliphatic rings. The molecule has 8 nitrogen and oxygen atoms in total. The van der Waals surface area contributed by atoms with Crippen molar-refractivity contribution in [1.29, 1.82) is 5.41 Å². The van der Waals surface area contributed by atoms with E-state index in [1.54, 1.807) is 6.20 Å². The minimum Gasteiger partial charge on any atom is -0.491 e. The molecule has 0 bridgehead atoms. The van der Waals surface area contributed by atoms with E-state index in [0.29, 0.717) is 29.4 Å². The van der Waals surface area contributed by atoms with E-state index in [2.05, 4.69) is 10.3 Å². The molecule has 4 rings (SSSR count). The van der Waals surface area contributed by atoms with Crippen LogP contribution in [0.3, 0.4) is 0 Å². The molecule has 0 spiro atoms. The largest absolute Gasteiger partial charge is 0.491 e. The first-order chi connectivity index (χ1) is 16.3. The van der Waals surface area contributed by atoms with E-state index in [1.807, 2.05) is 11.8 Å². The van der Waals surface area contributed by atoms with Crippen LogP contribution < -0.4 is 10.1 Å². The van der Waals surface area contributed by atoms with Crippen LogP contribution in [-0.2, 0) is 0 Å². The average molecular weight is 494 g/mol. The van der Waals surface area contributed by atoms with Crippen LogP contribution in [0.25, 0.3) is 0 Å². The maximum atomic E-state index is 14.6. The number of nitrogens with one attached hydrogen (secondary N) is 2. The van der Waals surface area contributed by atoms with Crippen molar-refractivity contribution in [3.63, 3.8) is 0 Å². The number of hydrogen-bond acceptors (Lipinski definition) is 7. The molecular weight excluding hydrogens is 468 g/mol. The summed E-state index contributed by atoms with van der Waals surface area (Å²) < 4.78 is 34.4. The number of aliphatic hydroxyl groups excluding tert-OH is 1. The van der Waals surface area contributed by atoms with Gasteiger partial charge < -0.3 is 25.5 Å². The molecule has 3 heterocycles. The summed E-state index contributed by atoms with van der Waals surface area (Å²) in [4.78, 5) is 20.7. The van der Waals surface area contributed by atoms with Gasteiger partial charge in [-0.15, -0.1) is 0 Å². The Kier molecular flexibility index (Phi) is 7.30. The lowest BCUT2D eigenvalue weighted by Gasteiger charge is -2.28. The van der Waals surface area contributed by atoms with Crippen molar-refractivity contribution in [2.75, 3.05) is 32.8 Å². The van der Waals surface area contributed by atoms with Gasteiger partial charge >= 0.3 is 0 Å². The molecule has 2 saturated heterocycles. The van der Waals surface area contributed by atoms with Crippen molar-refractivity contribution in [1.82, 2.24) is 15.1 Å². The second kappa shape index (κ2) is 10.2.